The van der Waals surface area contributed by atoms with Crippen LogP contribution in [0.4, 0.5) is 5.13 Å². The van der Waals surface area contributed by atoms with Crippen LogP contribution < -0.4 is 10.2 Å². The number of ether oxygens (including phenoxy) is 1. The van der Waals surface area contributed by atoms with Gasteiger partial charge in [0.05, 0.1) is 25.3 Å². The number of hydrogen-bond donors (Lipinski definition) is 1. The molecule has 0 radical (unpaired) electrons. The first-order valence-electron chi connectivity index (χ1n) is 10.1. The molecule has 2 aliphatic heterocycles. The van der Waals surface area contributed by atoms with E-state index in [4.69, 9.17) is 4.74 Å². The fourth-order valence-electron chi connectivity index (χ4n) is 3.66. The molecule has 0 aliphatic carbocycles. The van der Waals surface area contributed by atoms with E-state index in [1.807, 2.05) is 17.5 Å². The summed E-state index contributed by atoms with van der Waals surface area (Å²) < 4.78 is 5.42. The molecule has 2 aliphatic rings. The predicted octanol–water partition coefficient (Wildman–Crippen LogP) is 1.96. The maximum absolute atomic E-state index is 12.4. The maximum atomic E-state index is 12.4. The molecule has 1 N–H and O–H groups in total. The van der Waals surface area contributed by atoms with E-state index in [0.717, 1.165) is 51.4 Å². The molecular formula is C21H26N4O3S. The van der Waals surface area contributed by atoms with Gasteiger partial charge in [0.25, 0.3) is 0 Å². The highest BCUT2D eigenvalue weighted by molar-refractivity contribution is 7.14. The van der Waals surface area contributed by atoms with Crippen LogP contribution in [0.1, 0.15) is 29.7 Å². The molecule has 0 atom stereocenters. The standard InChI is InChI=1S/C21H26N4O3S/c26-19(12-18-15-29-21(23-18)25-7-3-6-20(25)27)22-13-16-4-1-2-5-17(16)14-24-8-10-28-11-9-24/h1-2,4-5,15H,3,6-14H2,(H,22,26). The van der Waals surface area contributed by atoms with Gasteiger partial charge in [0.15, 0.2) is 5.13 Å². The van der Waals surface area contributed by atoms with E-state index < -0.39 is 0 Å². The van der Waals surface area contributed by atoms with E-state index in [-0.39, 0.29) is 18.2 Å². The monoisotopic (exact) mass is 414 g/mol. The number of nitrogens with zero attached hydrogens (tertiary/aromatic N) is 3. The molecule has 1 aromatic carbocycles. The van der Waals surface area contributed by atoms with Crippen molar-refractivity contribution in [3.05, 3.63) is 46.5 Å². The summed E-state index contributed by atoms with van der Waals surface area (Å²) in [6, 6.07) is 8.23. The van der Waals surface area contributed by atoms with Crippen LogP contribution in [-0.2, 0) is 33.8 Å². The molecule has 154 valence electrons. The molecule has 3 heterocycles. The Morgan fingerprint density at radius 1 is 1.17 bits per heavy atom. The van der Waals surface area contributed by atoms with Crippen molar-refractivity contribution >= 4 is 28.3 Å². The second-order valence-electron chi connectivity index (χ2n) is 7.38. The summed E-state index contributed by atoms with van der Waals surface area (Å²) in [6.45, 7) is 5.52. The molecule has 2 fully saturated rings. The van der Waals surface area contributed by atoms with Crippen LogP contribution in [0.25, 0.3) is 0 Å². The molecule has 0 saturated carbocycles. The van der Waals surface area contributed by atoms with Crippen molar-refractivity contribution in [2.45, 2.75) is 32.4 Å². The highest BCUT2D eigenvalue weighted by atomic mass is 32.1. The summed E-state index contributed by atoms with van der Waals surface area (Å²) in [5.74, 6) is 0.0583. The van der Waals surface area contributed by atoms with Crippen LogP contribution in [0.5, 0.6) is 0 Å². The first-order valence-corrected chi connectivity index (χ1v) is 11.0. The highest BCUT2D eigenvalue weighted by Gasteiger charge is 2.24. The lowest BCUT2D eigenvalue weighted by atomic mass is 10.1. The summed E-state index contributed by atoms with van der Waals surface area (Å²) in [5, 5.41) is 5.58. The summed E-state index contributed by atoms with van der Waals surface area (Å²) in [6.07, 6.45) is 1.68. The number of rotatable bonds is 7. The van der Waals surface area contributed by atoms with Crippen molar-refractivity contribution in [2.24, 2.45) is 0 Å². The Kier molecular flexibility index (Phi) is 6.53. The number of benzene rings is 1. The number of anilines is 1. The number of aromatic nitrogens is 1. The van der Waals surface area contributed by atoms with Gasteiger partial charge in [-0.3, -0.25) is 19.4 Å². The quantitative estimate of drug-likeness (QED) is 0.750. The van der Waals surface area contributed by atoms with E-state index in [0.29, 0.717) is 23.8 Å². The molecule has 4 rings (SSSR count). The van der Waals surface area contributed by atoms with Gasteiger partial charge in [0.2, 0.25) is 11.8 Å². The first-order chi connectivity index (χ1) is 14.2. The van der Waals surface area contributed by atoms with Gasteiger partial charge < -0.3 is 10.1 Å². The number of carbonyl (C=O) groups is 2. The van der Waals surface area contributed by atoms with E-state index in [9.17, 15) is 9.59 Å². The Labute approximate surface area is 174 Å². The minimum absolute atomic E-state index is 0.0595. The van der Waals surface area contributed by atoms with Gasteiger partial charge in [0.1, 0.15) is 0 Å². The van der Waals surface area contributed by atoms with Gasteiger partial charge in [-0.15, -0.1) is 11.3 Å². The van der Waals surface area contributed by atoms with Crippen LogP contribution in [0, 0.1) is 0 Å². The van der Waals surface area contributed by atoms with Crippen molar-refractivity contribution in [3.8, 4) is 0 Å². The number of hydrogen-bond acceptors (Lipinski definition) is 6. The lowest BCUT2D eigenvalue weighted by molar-refractivity contribution is -0.120. The van der Waals surface area contributed by atoms with Gasteiger partial charge in [-0.05, 0) is 17.5 Å². The van der Waals surface area contributed by atoms with Gasteiger partial charge in [-0.25, -0.2) is 4.98 Å². The van der Waals surface area contributed by atoms with Crippen molar-refractivity contribution < 1.29 is 14.3 Å². The van der Waals surface area contributed by atoms with E-state index in [1.165, 1.54) is 16.9 Å². The third-order valence-corrected chi connectivity index (χ3v) is 6.19. The fourth-order valence-corrected chi connectivity index (χ4v) is 4.52. The lowest BCUT2D eigenvalue weighted by Gasteiger charge is -2.27. The minimum Gasteiger partial charge on any atom is -0.379 e. The summed E-state index contributed by atoms with van der Waals surface area (Å²) in [5.41, 5.74) is 3.08. The molecule has 0 spiro atoms. The Hall–Kier alpha value is -2.29. The van der Waals surface area contributed by atoms with Crippen LogP contribution in [-0.4, -0.2) is 54.5 Å². The molecule has 29 heavy (non-hydrogen) atoms. The van der Waals surface area contributed by atoms with E-state index in [2.05, 4.69) is 27.3 Å². The van der Waals surface area contributed by atoms with E-state index >= 15 is 0 Å². The molecule has 2 aromatic rings. The SMILES string of the molecule is O=C(Cc1csc(N2CCCC2=O)n1)NCc1ccccc1CN1CCOCC1. The fraction of sp³-hybridized carbons (Fsp3) is 0.476. The second-order valence-corrected chi connectivity index (χ2v) is 8.22. The molecule has 1 aromatic heterocycles. The van der Waals surface area contributed by atoms with Crippen molar-refractivity contribution in [2.75, 3.05) is 37.7 Å². The Morgan fingerprint density at radius 2 is 1.97 bits per heavy atom. The average molecular weight is 415 g/mol. The van der Waals surface area contributed by atoms with E-state index in [1.54, 1.807) is 4.90 Å². The van der Waals surface area contributed by atoms with Gasteiger partial charge in [0, 0.05) is 44.5 Å². The first kappa shape index (κ1) is 20.0. The zero-order valence-electron chi connectivity index (χ0n) is 16.4. The molecule has 2 amide bonds. The van der Waals surface area contributed by atoms with Crippen molar-refractivity contribution in [3.63, 3.8) is 0 Å². The third-order valence-electron chi connectivity index (χ3n) is 5.28. The Bertz CT molecular complexity index is 863. The lowest BCUT2D eigenvalue weighted by Crippen LogP contribution is -2.36. The van der Waals surface area contributed by atoms with Gasteiger partial charge >= 0.3 is 0 Å². The Morgan fingerprint density at radius 3 is 2.72 bits per heavy atom. The number of morpholine rings is 1. The normalized spacial score (nSPS) is 17.7. The summed E-state index contributed by atoms with van der Waals surface area (Å²) in [4.78, 5) is 32.8. The molecule has 0 bridgehead atoms. The number of carbonyl (C=O) groups excluding carboxylic acids is 2. The molecule has 2 saturated heterocycles. The average Bonchev–Trinajstić information content (AvgIpc) is 3.36. The molecule has 0 unspecified atom stereocenters. The third kappa shape index (κ3) is 5.20. The highest BCUT2D eigenvalue weighted by Crippen LogP contribution is 2.25. The predicted molar refractivity (Wildman–Crippen MR) is 112 cm³/mol. The zero-order valence-corrected chi connectivity index (χ0v) is 17.2. The van der Waals surface area contributed by atoms with Gasteiger partial charge in [-0.1, -0.05) is 24.3 Å². The summed E-state index contributed by atoms with van der Waals surface area (Å²) >= 11 is 1.43. The largest absolute Gasteiger partial charge is 0.379 e. The zero-order chi connectivity index (χ0) is 20.1. The minimum atomic E-state index is -0.0595. The van der Waals surface area contributed by atoms with Crippen LogP contribution in [0.15, 0.2) is 29.6 Å². The van der Waals surface area contributed by atoms with Crippen LogP contribution in [0.2, 0.25) is 0 Å². The number of nitrogens with one attached hydrogen (secondary N) is 1. The number of thiazole rings is 1. The number of amides is 2. The smallest absolute Gasteiger partial charge is 0.228 e. The van der Waals surface area contributed by atoms with Crippen molar-refractivity contribution in [1.29, 1.82) is 0 Å². The molecule has 8 heteroatoms. The maximum Gasteiger partial charge on any atom is 0.228 e. The van der Waals surface area contributed by atoms with Crippen molar-refractivity contribution in [1.82, 2.24) is 15.2 Å². The second kappa shape index (κ2) is 9.47. The Balaban J connectivity index is 1.31. The summed E-state index contributed by atoms with van der Waals surface area (Å²) in [7, 11) is 0. The van der Waals surface area contributed by atoms with Gasteiger partial charge in [-0.2, -0.15) is 0 Å². The van der Waals surface area contributed by atoms with Crippen LogP contribution in [0.3, 0.4) is 0 Å². The topological polar surface area (TPSA) is 74.8 Å². The van der Waals surface area contributed by atoms with Crippen LogP contribution >= 0.6 is 11.3 Å². The molecule has 7 nitrogen and oxygen atoms in total. The molecular weight excluding hydrogens is 388 g/mol.